The van der Waals surface area contributed by atoms with Crippen LogP contribution in [0.25, 0.3) is 67.0 Å². The number of hydrogen-bond donors (Lipinski definition) is 0. The molecule has 0 fully saturated rings. The molecule has 1 aromatic heterocycles. The highest BCUT2D eigenvalue weighted by Crippen LogP contribution is 2.42. The number of nitrogens with zero attached hydrogens (tertiary/aromatic N) is 3. The molecule has 0 amide bonds. The van der Waals surface area contributed by atoms with Crippen LogP contribution in [-0.4, -0.2) is 4.57 Å². The van der Waals surface area contributed by atoms with E-state index < -0.39 is 0 Å². The van der Waals surface area contributed by atoms with Gasteiger partial charge in [-0.05, 0) is 133 Å². The van der Waals surface area contributed by atoms with E-state index in [0.29, 0.717) is 11.1 Å². The number of allylic oxidation sites excluding steroid dienone is 3. The average molecular weight is 658 g/mol. The quantitative estimate of drug-likeness (QED) is 0.160. The first-order valence-corrected chi connectivity index (χ1v) is 17.5. The third kappa shape index (κ3) is 6.16. The normalized spacial score (nSPS) is 11.9. The Bertz CT molecular complexity index is 2580. The highest BCUT2D eigenvalue weighted by Gasteiger charge is 2.21. The second-order valence-corrected chi connectivity index (χ2v) is 13.2. The molecule has 0 aliphatic carbocycles. The molecule has 0 unspecified atom stereocenters. The Balaban J connectivity index is 1.67. The highest BCUT2D eigenvalue weighted by atomic mass is 15.0. The Hall–Kier alpha value is -6.42. The minimum absolute atomic E-state index is 0.635. The summed E-state index contributed by atoms with van der Waals surface area (Å²) in [4.78, 5) is 0. The Kier molecular flexibility index (Phi) is 8.98. The van der Waals surface area contributed by atoms with Crippen LogP contribution in [0.3, 0.4) is 0 Å². The molecule has 7 rings (SSSR count). The molecule has 0 bridgehead atoms. The molecule has 7 aromatic rings. The molecule has 6 aromatic carbocycles. The largest absolute Gasteiger partial charge is 0.308 e. The maximum Gasteiger partial charge on any atom is 0.0995 e. The van der Waals surface area contributed by atoms with Gasteiger partial charge in [-0.3, -0.25) is 0 Å². The first-order chi connectivity index (χ1) is 24.8. The van der Waals surface area contributed by atoms with Crippen molar-refractivity contribution in [1.29, 1.82) is 10.5 Å². The van der Waals surface area contributed by atoms with Gasteiger partial charge in [0.1, 0.15) is 0 Å². The second kappa shape index (κ2) is 13.8. The molecule has 0 aliphatic heterocycles. The summed E-state index contributed by atoms with van der Waals surface area (Å²) in [5.41, 5.74) is 16.8. The number of rotatable bonds is 7. The van der Waals surface area contributed by atoms with Gasteiger partial charge in [0.2, 0.25) is 0 Å². The van der Waals surface area contributed by atoms with Crippen molar-refractivity contribution in [3.8, 4) is 40.1 Å². The maximum atomic E-state index is 10.3. The predicted octanol–water partition coefficient (Wildman–Crippen LogP) is 12.9. The van der Waals surface area contributed by atoms with E-state index in [1.165, 1.54) is 16.7 Å². The van der Waals surface area contributed by atoms with Crippen LogP contribution in [0.15, 0.2) is 127 Å². The Morgan fingerprint density at radius 3 is 2.04 bits per heavy atom. The van der Waals surface area contributed by atoms with Gasteiger partial charge in [0.05, 0.1) is 40.0 Å². The summed E-state index contributed by atoms with van der Waals surface area (Å²) in [7, 11) is 0. The van der Waals surface area contributed by atoms with E-state index in [4.69, 9.17) is 0 Å². The lowest BCUT2D eigenvalue weighted by Gasteiger charge is -2.18. The van der Waals surface area contributed by atoms with Crippen LogP contribution in [0.4, 0.5) is 0 Å². The van der Waals surface area contributed by atoms with E-state index in [9.17, 15) is 10.5 Å². The first-order valence-electron chi connectivity index (χ1n) is 17.5. The third-order valence-corrected chi connectivity index (χ3v) is 10.0. The zero-order chi connectivity index (χ0) is 35.6. The molecule has 0 N–H and O–H groups in total. The van der Waals surface area contributed by atoms with E-state index >= 15 is 0 Å². The fourth-order valence-electron chi connectivity index (χ4n) is 7.07. The zero-order valence-electron chi connectivity index (χ0n) is 29.8. The number of aryl methyl sites for hydroxylation is 2. The molecule has 3 nitrogen and oxygen atoms in total. The summed E-state index contributed by atoms with van der Waals surface area (Å²) in [6.07, 6.45) is 5.33. The molecular weight excluding hydrogens is 619 g/mol. The van der Waals surface area contributed by atoms with Crippen molar-refractivity contribution in [2.45, 2.75) is 41.0 Å². The van der Waals surface area contributed by atoms with Gasteiger partial charge >= 0.3 is 0 Å². The molecule has 0 radical (unpaired) electrons. The summed E-state index contributed by atoms with van der Waals surface area (Å²) < 4.78 is 2.37. The molecule has 0 spiro atoms. The fraction of sp³-hybridized carbons (Fsp3) is 0.125. The topological polar surface area (TPSA) is 52.5 Å². The van der Waals surface area contributed by atoms with Gasteiger partial charge < -0.3 is 4.57 Å². The molecule has 51 heavy (non-hydrogen) atoms. The van der Waals surface area contributed by atoms with E-state index in [0.717, 1.165) is 78.4 Å². The maximum absolute atomic E-state index is 10.3. The van der Waals surface area contributed by atoms with Crippen LogP contribution < -0.4 is 0 Å². The van der Waals surface area contributed by atoms with Gasteiger partial charge in [-0.25, -0.2) is 0 Å². The summed E-state index contributed by atoms with van der Waals surface area (Å²) in [6.45, 7) is 10.5. The van der Waals surface area contributed by atoms with Crippen molar-refractivity contribution in [2.24, 2.45) is 0 Å². The lowest BCUT2D eigenvalue weighted by Crippen LogP contribution is -2.02. The average Bonchev–Trinajstić information content (AvgIpc) is 3.50. The summed E-state index contributed by atoms with van der Waals surface area (Å²) in [5.74, 6) is 0. The van der Waals surface area contributed by atoms with Crippen LogP contribution in [0.5, 0.6) is 0 Å². The molecule has 1 heterocycles. The van der Waals surface area contributed by atoms with Gasteiger partial charge in [0.15, 0.2) is 0 Å². The standard InChI is InChI=1S/C48H39N3/c1-6-32(4)43-23-33(5)42(30-50)28-47(43)51-46-22-21-39(37-17-13-31(3)14-18-37)26-44(46)45-27-40(38-19-15-34(29-49)16-20-38)25-41(48(45)51)24-35(7-2)36-11-9-8-10-12-36/h6,8-28H,7H2,1-5H3/b32-6+,35-24-. The Morgan fingerprint density at radius 1 is 0.706 bits per heavy atom. The van der Waals surface area contributed by atoms with Gasteiger partial charge in [0.25, 0.3) is 0 Å². The van der Waals surface area contributed by atoms with Gasteiger partial charge in [0, 0.05) is 21.9 Å². The van der Waals surface area contributed by atoms with E-state index in [1.54, 1.807) is 0 Å². The van der Waals surface area contributed by atoms with Crippen molar-refractivity contribution in [1.82, 2.24) is 4.57 Å². The van der Waals surface area contributed by atoms with E-state index in [2.05, 4.69) is 154 Å². The lowest BCUT2D eigenvalue weighted by molar-refractivity contribution is 1.15. The molecule has 3 heteroatoms. The second-order valence-electron chi connectivity index (χ2n) is 13.2. The van der Waals surface area contributed by atoms with Crippen molar-refractivity contribution >= 4 is 39.0 Å². The monoisotopic (exact) mass is 657 g/mol. The predicted molar refractivity (Wildman–Crippen MR) is 214 cm³/mol. The summed E-state index contributed by atoms with van der Waals surface area (Å²) in [6, 6.07) is 47.4. The summed E-state index contributed by atoms with van der Waals surface area (Å²) in [5, 5.41) is 22.1. The number of aromatic nitrogens is 1. The molecule has 0 saturated carbocycles. The van der Waals surface area contributed by atoms with Crippen molar-refractivity contribution in [2.75, 3.05) is 0 Å². The van der Waals surface area contributed by atoms with Gasteiger partial charge in [-0.1, -0.05) is 91.4 Å². The van der Waals surface area contributed by atoms with Crippen molar-refractivity contribution in [3.63, 3.8) is 0 Å². The lowest BCUT2D eigenvalue weighted by atomic mass is 9.94. The highest BCUT2D eigenvalue weighted by molar-refractivity contribution is 6.15. The van der Waals surface area contributed by atoms with E-state index in [1.807, 2.05) is 31.2 Å². The number of fused-ring (bicyclic) bond motifs is 3. The van der Waals surface area contributed by atoms with Crippen molar-refractivity contribution in [3.05, 3.63) is 166 Å². The van der Waals surface area contributed by atoms with Crippen LogP contribution in [0.2, 0.25) is 0 Å². The smallest absolute Gasteiger partial charge is 0.0995 e. The van der Waals surface area contributed by atoms with Crippen LogP contribution in [0, 0.1) is 36.5 Å². The summed E-state index contributed by atoms with van der Waals surface area (Å²) >= 11 is 0. The van der Waals surface area contributed by atoms with Crippen LogP contribution in [-0.2, 0) is 0 Å². The number of benzene rings is 6. The Labute approximate surface area is 300 Å². The first kappa shape index (κ1) is 33.1. The molecule has 0 atom stereocenters. The van der Waals surface area contributed by atoms with E-state index in [-0.39, 0.29) is 0 Å². The van der Waals surface area contributed by atoms with Crippen molar-refractivity contribution < 1.29 is 0 Å². The molecule has 246 valence electrons. The third-order valence-electron chi connectivity index (χ3n) is 10.0. The fourth-order valence-corrected chi connectivity index (χ4v) is 7.07. The number of nitriles is 2. The number of hydrogen-bond acceptors (Lipinski definition) is 2. The SMILES string of the molecule is C/C=C(\C)c1cc(C)c(C#N)cc1-n1c2ccc(-c3ccc(C)cc3)cc2c2cc(-c3ccc(C#N)cc3)cc(/C=C(/CC)c3ccccc3)c21. The Morgan fingerprint density at radius 2 is 1.37 bits per heavy atom. The molecule has 0 aliphatic rings. The zero-order valence-corrected chi connectivity index (χ0v) is 29.8. The van der Waals surface area contributed by atoms with Gasteiger partial charge in [-0.2, -0.15) is 10.5 Å². The van der Waals surface area contributed by atoms with Crippen LogP contribution in [0.1, 0.15) is 66.1 Å². The molecule has 0 saturated heterocycles. The minimum Gasteiger partial charge on any atom is -0.308 e. The van der Waals surface area contributed by atoms with Crippen LogP contribution >= 0.6 is 0 Å². The van der Waals surface area contributed by atoms with Gasteiger partial charge in [-0.15, -0.1) is 0 Å². The minimum atomic E-state index is 0.635. The molecular formula is C48H39N3.